The summed E-state index contributed by atoms with van der Waals surface area (Å²) in [6, 6.07) is 7.53. The second kappa shape index (κ2) is 5.51. The van der Waals surface area contributed by atoms with Gasteiger partial charge in [0.1, 0.15) is 6.04 Å². The highest BCUT2D eigenvalue weighted by Gasteiger charge is 2.13. The Morgan fingerprint density at radius 3 is 2.73 bits per heavy atom. The van der Waals surface area contributed by atoms with Crippen LogP contribution in [0.25, 0.3) is 0 Å². The fraction of sp³-hybridized carbons (Fsp3) is 0.417. The van der Waals surface area contributed by atoms with E-state index in [-0.39, 0.29) is 5.97 Å². The van der Waals surface area contributed by atoms with Gasteiger partial charge in [0.15, 0.2) is 0 Å². The van der Waals surface area contributed by atoms with Crippen molar-refractivity contribution < 1.29 is 9.53 Å². The SMILES string of the molecule is CCc1cccc(C[C@@H](N)C(=O)OC)c1. The van der Waals surface area contributed by atoms with Crippen molar-refractivity contribution in [2.45, 2.75) is 25.8 Å². The van der Waals surface area contributed by atoms with Crippen molar-refractivity contribution in [1.82, 2.24) is 0 Å². The summed E-state index contributed by atoms with van der Waals surface area (Å²) >= 11 is 0. The van der Waals surface area contributed by atoms with Crippen molar-refractivity contribution in [1.29, 1.82) is 0 Å². The fourth-order valence-electron chi connectivity index (χ4n) is 1.47. The number of ether oxygens (including phenoxy) is 1. The van der Waals surface area contributed by atoms with Crippen molar-refractivity contribution in [2.24, 2.45) is 5.73 Å². The maximum atomic E-state index is 11.1. The van der Waals surface area contributed by atoms with Crippen LogP contribution in [0.5, 0.6) is 0 Å². The molecule has 3 heteroatoms. The van der Waals surface area contributed by atoms with Crippen LogP contribution in [0, 0.1) is 0 Å². The molecule has 0 fully saturated rings. The Bertz CT molecular complexity index is 336. The Morgan fingerprint density at radius 1 is 1.47 bits per heavy atom. The third kappa shape index (κ3) is 3.36. The molecule has 0 aromatic heterocycles. The Balaban J connectivity index is 2.67. The molecule has 0 unspecified atom stereocenters. The molecular formula is C12H17NO2. The smallest absolute Gasteiger partial charge is 0.322 e. The van der Waals surface area contributed by atoms with Crippen LogP contribution in [0.1, 0.15) is 18.1 Å². The Morgan fingerprint density at radius 2 is 2.13 bits per heavy atom. The standard InChI is InChI=1S/C12H17NO2/c1-3-9-5-4-6-10(7-9)8-11(13)12(14)15-2/h4-7,11H,3,8,13H2,1-2H3/t11-/m1/s1. The lowest BCUT2D eigenvalue weighted by Gasteiger charge is -2.09. The Labute approximate surface area is 90.2 Å². The molecule has 0 spiro atoms. The second-order valence-corrected chi connectivity index (χ2v) is 3.51. The van der Waals surface area contributed by atoms with E-state index in [0.29, 0.717) is 6.42 Å². The minimum Gasteiger partial charge on any atom is -0.468 e. The lowest BCUT2D eigenvalue weighted by Crippen LogP contribution is -2.33. The predicted molar refractivity (Wildman–Crippen MR) is 59.5 cm³/mol. The van der Waals surface area contributed by atoms with Crippen molar-refractivity contribution in [3.05, 3.63) is 35.4 Å². The molecule has 0 heterocycles. The van der Waals surface area contributed by atoms with Crippen LogP contribution in [-0.4, -0.2) is 19.1 Å². The first-order chi connectivity index (χ1) is 7.17. The number of nitrogens with two attached hydrogens (primary N) is 1. The maximum absolute atomic E-state index is 11.1. The van der Waals surface area contributed by atoms with Gasteiger partial charge in [0.2, 0.25) is 0 Å². The minimum atomic E-state index is -0.567. The Hall–Kier alpha value is -1.35. The van der Waals surface area contributed by atoms with E-state index in [1.165, 1.54) is 12.7 Å². The number of hydrogen-bond acceptors (Lipinski definition) is 3. The van der Waals surface area contributed by atoms with Gasteiger partial charge in [-0.15, -0.1) is 0 Å². The van der Waals surface area contributed by atoms with Crippen molar-refractivity contribution in [2.75, 3.05) is 7.11 Å². The molecule has 0 aliphatic rings. The minimum absolute atomic E-state index is 0.364. The Kier molecular flexibility index (Phi) is 4.31. The van der Waals surface area contributed by atoms with Crippen LogP contribution in [0.2, 0.25) is 0 Å². The summed E-state index contributed by atoms with van der Waals surface area (Å²) in [5.74, 6) is -0.364. The van der Waals surface area contributed by atoms with Gasteiger partial charge in [-0.05, 0) is 24.0 Å². The first kappa shape index (κ1) is 11.7. The molecule has 0 amide bonds. The van der Waals surface area contributed by atoms with Crippen LogP contribution < -0.4 is 5.73 Å². The van der Waals surface area contributed by atoms with Gasteiger partial charge in [0, 0.05) is 0 Å². The quantitative estimate of drug-likeness (QED) is 0.757. The zero-order valence-electron chi connectivity index (χ0n) is 9.19. The summed E-state index contributed by atoms with van der Waals surface area (Å²) in [6.45, 7) is 2.10. The molecule has 3 nitrogen and oxygen atoms in total. The van der Waals surface area contributed by atoms with E-state index >= 15 is 0 Å². The summed E-state index contributed by atoms with van der Waals surface area (Å²) in [6.07, 6.45) is 1.52. The molecule has 0 aliphatic heterocycles. The molecule has 1 atom stereocenters. The van der Waals surface area contributed by atoms with E-state index in [1.807, 2.05) is 12.1 Å². The van der Waals surface area contributed by atoms with Crippen LogP contribution in [0.15, 0.2) is 24.3 Å². The normalized spacial score (nSPS) is 12.2. The first-order valence-electron chi connectivity index (χ1n) is 5.08. The summed E-state index contributed by atoms with van der Waals surface area (Å²) in [4.78, 5) is 11.1. The molecule has 0 bridgehead atoms. The van der Waals surface area contributed by atoms with Crippen LogP contribution >= 0.6 is 0 Å². The molecule has 82 valence electrons. The van der Waals surface area contributed by atoms with Gasteiger partial charge in [-0.3, -0.25) is 4.79 Å². The van der Waals surface area contributed by atoms with Crippen molar-refractivity contribution in [3.8, 4) is 0 Å². The number of esters is 1. The van der Waals surface area contributed by atoms with E-state index in [4.69, 9.17) is 5.73 Å². The summed E-state index contributed by atoms with van der Waals surface area (Å²) in [5.41, 5.74) is 8.01. The van der Waals surface area contributed by atoms with E-state index < -0.39 is 6.04 Å². The molecule has 1 rings (SSSR count). The fourth-order valence-corrected chi connectivity index (χ4v) is 1.47. The zero-order chi connectivity index (χ0) is 11.3. The number of hydrogen-bond donors (Lipinski definition) is 1. The highest BCUT2D eigenvalue weighted by Crippen LogP contribution is 2.08. The van der Waals surface area contributed by atoms with Crippen LogP contribution in [-0.2, 0) is 22.4 Å². The molecule has 15 heavy (non-hydrogen) atoms. The van der Waals surface area contributed by atoms with Crippen molar-refractivity contribution in [3.63, 3.8) is 0 Å². The zero-order valence-corrected chi connectivity index (χ0v) is 9.19. The van der Waals surface area contributed by atoms with E-state index in [0.717, 1.165) is 12.0 Å². The number of rotatable bonds is 4. The summed E-state index contributed by atoms with van der Waals surface area (Å²) in [7, 11) is 1.35. The highest BCUT2D eigenvalue weighted by molar-refractivity contribution is 5.75. The number of benzene rings is 1. The van der Waals surface area contributed by atoms with E-state index in [9.17, 15) is 4.79 Å². The molecular weight excluding hydrogens is 190 g/mol. The summed E-state index contributed by atoms with van der Waals surface area (Å²) in [5, 5.41) is 0. The summed E-state index contributed by atoms with van der Waals surface area (Å²) < 4.78 is 4.58. The molecule has 0 aliphatic carbocycles. The van der Waals surface area contributed by atoms with Gasteiger partial charge in [-0.1, -0.05) is 31.2 Å². The third-order valence-electron chi connectivity index (χ3n) is 2.36. The van der Waals surface area contributed by atoms with Gasteiger partial charge in [0.05, 0.1) is 7.11 Å². The predicted octanol–water partition coefficient (Wildman–Crippen LogP) is 1.29. The average molecular weight is 207 g/mol. The van der Waals surface area contributed by atoms with E-state index in [1.54, 1.807) is 0 Å². The molecule has 1 aromatic carbocycles. The number of carbonyl (C=O) groups is 1. The van der Waals surface area contributed by atoms with Crippen molar-refractivity contribution >= 4 is 5.97 Å². The lowest BCUT2D eigenvalue weighted by atomic mass is 10.0. The molecule has 0 saturated carbocycles. The van der Waals surface area contributed by atoms with E-state index in [2.05, 4.69) is 23.8 Å². The number of aryl methyl sites for hydroxylation is 1. The number of carbonyl (C=O) groups excluding carboxylic acids is 1. The largest absolute Gasteiger partial charge is 0.468 e. The highest BCUT2D eigenvalue weighted by atomic mass is 16.5. The molecule has 0 radical (unpaired) electrons. The van der Waals surface area contributed by atoms with Gasteiger partial charge < -0.3 is 10.5 Å². The van der Waals surface area contributed by atoms with Gasteiger partial charge in [-0.2, -0.15) is 0 Å². The average Bonchev–Trinajstić information content (AvgIpc) is 2.28. The lowest BCUT2D eigenvalue weighted by molar-refractivity contribution is -0.142. The third-order valence-corrected chi connectivity index (χ3v) is 2.36. The molecule has 2 N–H and O–H groups in total. The first-order valence-corrected chi connectivity index (χ1v) is 5.08. The van der Waals surface area contributed by atoms with Crippen LogP contribution in [0.3, 0.4) is 0 Å². The van der Waals surface area contributed by atoms with Gasteiger partial charge in [-0.25, -0.2) is 0 Å². The molecule has 0 saturated heterocycles. The van der Waals surface area contributed by atoms with Gasteiger partial charge >= 0.3 is 5.97 Å². The second-order valence-electron chi connectivity index (χ2n) is 3.51. The van der Waals surface area contributed by atoms with Crippen LogP contribution in [0.4, 0.5) is 0 Å². The number of methoxy groups -OCH3 is 1. The molecule has 1 aromatic rings. The van der Waals surface area contributed by atoms with Gasteiger partial charge in [0.25, 0.3) is 0 Å². The monoisotopic (exact) mass is 207 g/mol. The topological polar surface area (TPSA) is 52.3 Å². The maximum Gasteiger partial charge on any atom is 0.322 e.